The van der Waals surface area contributed by atoms with Gasteiger partial charge in [0.2, 0.25) is 0 Å². The maximum absolute atomic E-state index is 5.85. The number of anilines is 1. The van der Waals surface area contributed by atoms with Gasteiger partial charge in [0.05, 0.1) is 12.2 Å². The quantitative estimate of drug-likeness (QED) is 0.868. The van der Waals surface area contributed by atoms with E-state index in [1.165, 1.54) is 11.3 Å². The summed E-state index contributed by atoms with van der Waals surface area (Å²) in [5.41, 5.74) is 8.38. The van der Waals surface area contributed by atoms with Gasteiger partial charge in [-0.2, -0.15) is 0 Å². The summed E-state index contributed by atoms with van der Waals surface area (Å²) in [5, 5.41) is 0. The van der Waals surface area contributed by atoms with Crippen LogP contribution in [0, 0.1) is 0 Å². The SMILES string of the molecule is CCCN1CCOc2ccc(CC(C)N)cc21. The second-order valence-electron chi connectivity index (χ2n) is 4.82. The Morgan fingerprint density at radius 1 is 1.47 bits per heavy atom. The molecule has 1 aliphatic heterocycles. The van der Waals surface area contributed by atoms with E-state index in [9.17, 15) is 0 Å². The molecule has 94 valence electrons. The van der Waals surface area contributed by atoms with Gasteiger partial charge in [-0.15, -0.1) is 0 Å². The zero-order valence-electron chi connectivity index (χ0n) is 10.8. The second kappa shape index (κ2) is 5.41. The van der Waals surface area contributed by atoms with Crippen molar-refractivity contribution < 1.29 is 4.74 Å². The van der Waals surface area contributed by atoms with Crippen molar-refractivity contribution >= 4 is 5.69 Å². The van der Waals surface area contributed by atoms with E-state index in [0.29, 0.717) is 0 Å². The van der Waals surface area contributed by atoms with E-state index >= 15 is 0 Å². The lowest BCUT2D eigenvalue weighted by Gasteiger charge is -2.31. The standard InChI is InChI=1S/C14H22N2O/c1-3-6-16-7-8-17-14-5-4-12(9-11(2)15)10-13(14)16/h4-5,10-11H,3,6-9,15H2,1-2H3. The van der Waals surface area contributed by atoms with Gasteiger partial charge in [0.15, 0.2) is 0 Å². The molecule has 1 aromatic carbocycles. The minimum atomic E-state index is 0.206. The highest BCUT2D eigenvalue weighted by Crippen LogP contribution is 2.32. The average Bonchev–Trinajstić information content (AvgIpc) is 2.29. The van der Waals surface area contributed by atoms with E-state index in [1.54, 1.807) is 0 Å². The van der Waals surface area contributed by atoms with Crippen LogP contribution in [0.5, 0.6) is 5.75 Å². The molecule has 0 aliphatic carbocycles. The smallest absolute Gasteiger partial charge is 0.142 e. The molecule has 1 atom stereocenters. The Morgan fingerprint density at radius 3 is 3.00 bits per heavy atom. The van der Waals surface area contributed by atoms with Gasteiger partial charge in [-0.25, -0.2) is 0 Å². The van der Waals surface area contributed by atoms with Crippen LogP contribution in [0.1, 0.15) is 25.8 Å². The van der Waals surface area contributed by atoms with Gasteiger partial charge in [-0.05, 0) is 37.5 Å². The van der Waals surface area contributed by atoms with E-state index in [-0.39, 0.29) is 6.04 Å². The van der Waals surface area contributed by atoms with Crippen LogP contribution in [0.15, 0.2) is 18.2 Å². The van der Waals surface area contributed by atoms with Crippen molar-refractivity contribution in [3.05, 3.63) is 23.8 Å². The molecule has 3 heteroatoms. The van der Waals surface area contributed by atoms with Crippen LogP contribution in [-0.2, 0) is 6.42 Å². The fourth-order valence-electron chi connectivity index (χ4n) is 2.32. The van der Waals surface area contributed by atoms with Crippen molar-refractivity contribution in [2.24, 2.45) is 5.73 Å². The zero-order valence-corrected chi connectivity index (χ0v) is 10.8. The molecule has 0 amide bonds. The number of nitrogens with zero attached hydrogens (tertiary/aromatic N) is 1. The van der Waals surface area contributed by atoms with E-state index < -0.39 is 0 Å². The first-order valence-electron chi connectivity index (χ1n) is 6.47. The number of ether oxygens (including phenoxy) is 1. The number of fused-ring (bicyclic) bond motifs is 1. The Labute approximate surface area is 104 Å². The van der Waals surface area contributed by atoms with Crippen molar-refractivity contribution in [3.8, 4) is 5.75 Å². The van der Waals surface area contributed by atoms with Crippen molar-refractivity contribution in [2.45, 2.75) is 32.7 Å². The summed E-state index contributed by atoms with van der Waals surface area (Å²) in [5.74, 6) is 1.01. The Bertz CT molecular complexity index is 376. The summed E-state index contributed by atoms with van der Waals surface area (Å²) in [6.07, 6.45) is 2.09. The summed E-state index contributed by atoms with van der Waals surface area (Å²) in [4.78, 5) is 2.41. The Balaban J connectivity index is 2.24. The van der Waals surface area contributed by atoms with Crippen LogP contribution in [-0.4, -0.2) is 25.7 Å². The molecule has 3 nitrogen and oxygen atoms in total. The van der Waals surface area contributed by atoms with E-state index in [2.05, 4.69) is 30.0 Å². The lowest BCUT2D eigenvalue weighted by atomic mass is 10.1. The first-order chi connectivity index (χ1) is 8.20. The number of hydrogen-bond acceptors (Lipinski definition) is 3. The Hall–Kier alpha value is -1.22. The van der Waals surface area contributed by atoms with Gasteiger partial charge < -0.3 is 15.4 Å². The maximum atomic E-state index is 5.85. The largest absolute Gasteiger partial charge is 0.490 e. The average molecular weight is 234 g/mol. The first kappa shape index (κ1) is 12.2. The van der Waals surface area contributed by atoms with E-state index in [1.807, 2.05) is 6.92 Å². The van der Waals surface area contributed by atoms with Gasteiger partial charge in [-0.3, -0.25) is 0 Å². The summed E-state index contributed by atoms with van der Waals surface area (Å²) in [6, 6.07) is 6.64. The molecule has 0 spiro atoms. The molecule has 1 unspecified atom stereocenters. The highest BCUT2D eigenvalue weighted by Gasteiger charge is 2.17. The van der Waals surface area contributed by atoms with Gasteiger partial charge in [-0.1, -0.05) is 13.0 Å². The molecule has 1 aliphatic rings. The lowest BCUT2D eigenvalue weighted by molar-refractivity contribution is 0.307. The van der Waals surface area contributed by atoms with Gasteiger partial charge >= 0.3 is 0 Å². The van der Waals surface area contributed by atoms with E-state index in [4.69, 9.17) is 10.5 Å². The lowest BCUT2D eigenvalue weighted by Crippen LogP contribution is -2.33. The highest BCUT2D eigenvalue weighted by atomic mass is 16.5. The predicted molar refractivity (Wildman–Crippen MR) is 71.8 cm³/mol. The minimum Gasteiger partial charge on any atom is -0.490 e. The summed E-state index contributed by atoms with van der Waals surface area (Å²) >= 11 is 0. The second-order valence-corrected chi connectivity index (χ2v) is 4.82. The monoisotopic (exact) mass is 234 g/mol. The molecule has 0 saturated carbocycles. The molecule has 1 heterocycles. The number of hydrogen-bond donors (Lipinski definition) is 1. The molecule has 0 bridgehead atoms. The summed E-state index contributed by atoms with van der Waals surface area (Å²) < 4.78 is 5.69. The number of rotatable bonds is 4. The van der Waals surface area contributed by atoms with E-state index in [0.717, 1.165) is 38.3 Å². The Kier molecular flexibility index (Phi) is 3.89. The van der Waals surface area contributed by atoms with Gasteiger partial charge in [0, 0.05) is 12.6 Å². The van der Waals surface area contributed by atoms with Crippen LogP contribution < -0.4 is 15.4 Å². The third-order valence-corrected chi connectivity index (χ3v) is 3.03. The molecular formula is C14H22N2O. The maximum Gasteiger partial charge on any atom is 0.142 e. The van der Waals surface area contributed by atoms with Crippen LogP contribution in [0.4, 0.5) is 5.69 Å². The molecule has 2 rings (SSSR count). The number of nitrogens with two attached hydrogens (primary N) is 1. The van der Waals surface area contributed by atoms with Crippen LogP contribution in [0.2, 0.25) is 0 Å². The molecule has 0 radical (unpaired) electrons. The number of benzene rings is 1. The van der Waals surface area contributed by atoms with Crippen molar-refractivity contribution in [1.82, 2.24) is 0 Å². The van der Waals surface area contributed by atoms with Crippen LogP contribution >= 0.6 is 0 Å². The van der Waals surface area contributed by atoms with Crippen LogP contribution in [0.25, 0.3) is 0 Å². The molecule has 0 aromatic heterocycles. The van der Waals surface area contributed by atoms with Crippen molar-refractivity contribution in [1.29, 1.82) is 0 Å². The molecule has 17 heavy (non-hydrogen) atoms. The third-order valence-electron chi connectivity index (χ3n) is 3.03. The van der Waals surface area contributed by atoms with Crippen LogP contribution in [0.3, 0.4) is 0 Å². The topological polar surface area (TPSA) is 38.5 Å². The first-order valence-corrected chi connectivity index (χ1v) is 6.47. The fraction of sp³-hybridized carbons (Fsp3) is 0.571. The molecule has 1 aromatic rings. The Morgan fingerprint density at radius 2 is 2.29 bits per heavy atom. The minimum absolute atomic E-state index is 0.206. The normalized spacial score (nSPS) is 16.3. The molecule has 2 N–H and O–H groups in total. The van der Waals surface area contributed by atoms with Crippen molar-refractivity contribution in [2.75, 3.05) is 24.6 Å². The van der Waals surface area contributed by atoms with Gasteiger partial charge in [0.1, 0.15) is 12.4 Å². The molecular weight excluding hydrogens is 212 g/mol. The van der Waals surface area contributed by atoms with Gasteiger partial charge in [0.25, 0.3) is 0 Å². The molecule has 0 fully saturated rings. The predicted octanol–water partition coefficient (Wildman–Crippen LogP) is 2.19. The highest BCUT2D eigenvalue weighted by molar-refractivity contribution is 5.61. The summed E-state index contributed by atoms with van der Waals surface area (Å²) in [7, 11) is 0. The fourth-order valence-corrected chi connectivity index (χ4v) is 2.32. The summed E-state index contributed by atoms with van der Waals surface area (Å²) in [6.45, 7) is 7.13. The zero-order chi connectivity index (χ0) is 12.3. The molecule has 0 saturated heterocycles. The van der Waals surface area contributed by atoms with Crippen molar-refractivity contribution in [3.63, 3.8) is 0 Å². The third kappa shape index (κ3) is 2.91.